The molecule has 0 bridgehead atoms. The molecule has 2 rings (SSSR count). The molecule has 0 aliphatic heterocycles. The van der Waals surface area contributed by atoms with Crippen LogP contribution in [0.5, 0.6) is 0 Å². The minimum absolute atomic E-state index is 0.122. The fourth-order valence-corrected chi connectivity index (χ4v) is 3.25. The molecule has 2 aromatic rings. The molecule has 0 spiro atoms. The first-order chi connectivity index (χ1) is 9.79. The fraction of sp³-hybridized carbons (Fsp3) is 0.429. The number of rotatable bonds is 8. The third kappa shape index (κ3) is 4.70. The molecule has 0 saturated heterocycles. The van der Waals surface area contributed by atoms with Crippen molar-refractivity contribution >= 4 is 28.6 Å². The molecule has 0 atom stereocenters. The standard InChI is InChI=1S/C14H18N2O2S2/c1-2-18-13(17)4-3-6-15-8-12-10-20-14(16-12)11-5-7-19-9-11/h5,7,9-10,15H,2-4,6,8H2,1H3. The van der Waals surface area contributed by atoms with Gasteiger partial charge in [0.2, 0.25) is 0 Å². The van der Waals surface area contributed by atoms with Crippen LogP contribution < -0.4 is 5.32 Å². The first-order valence-corrected chi connectivity index (χ1v) is 8.45. The summed E-state index contributed by atoms with van der Waals surface area (Å²) < 4.78 is 4.87. The van der Waals surface area contributed by atoms with Crippen molar-refractivity contribution in [3.8, 4) is 10.6 Å². The van der Waals surface area contributed by atoms with Crippen molar-refractivity contribution in [2.24, 2.45) is 0 Å². The lowest BCUT2D eigenvalue weighted by molar-refractivity contribution is -0.143. The summed E-state index contributed by atoms with van der Waals surface area (Å²) in [6.45, 7) is 3.81. The molecule has 6 heteroatoms. The van der Waals surface area contributed by atoms with Gasteiger partial charge >= 0.3 is 5.97 Å². The summed E-state index contributed by atoms with van der Waals surface area (Å²) in [7, 11) is 0. The molecule has 2 aromatic heterocycles. The van der Waals surface area contributed by atoms with Crippen LogP contribution in [0.1, 0.15) is 25.5 Å². The second kappa shape index (κ2) is 8.14. The molecule has 0 aliphatic carbocycles. The van der Waals surface area contributed by atoms with Gasteiger partial charge in [0.05, 0.1) is 12.3 Å². The Bertz CT molecular complexity index is 523. The van der Waals surface area contributed by atoms with Crippen molar-refractivity contribution in [2.45, 2.75) is 26.3 Å². The highest BCUT2D eigenvalue weighted by Gasteiger charge is 2.05. The molecule has 0 aromatic carbocycles. The van der Waals surface area contributed by atoms with Gasteiger partial charge in [-0.25, -0.2) is 4.98 Å². The van der Waals surface area contributed by atoms with Crippen molar-refractivity contribution in [1.82, 2.24) is 10.3 Å². The topological polar surface area (TPSA) is 51.2 Å². The van der Waals surface area contributed by atoms with Gasteiger partial charge < -0.3 is 10.1 Å². The van der Waals surface area contributed by atoms with Crippen LogP contribution in [0, 0.1) is 0 Å². The van der Waals surface area contributed by atoms with Crippen LogP contribution in [0.25, 0.3) is 10.6 Å². The van der Waals surface area contributed by atoms with Gasteiger partial charge in [-0.3, -0.25) is 4.79 Å². The van der Waals surface area contributed by atoms with E-state index < -0.39 is 0 Å². The van der Waals surface area contributed by atoms with E-state index in [4.69, 9.17) is 4.74 Å². The minimum atomic E-state index is -0.122. The molecule has 0 aliphatic rings. The second-order valence-electron chi connectivity index (χ2n) is 4.24. The van der Waals surface area contributed by atoms with Crippen LogP contribution in [0.2, 0.25) is 0 Å². The number of carbonyl (C=O) groups is 1. The van der Waals surface area contributed by atoms with Crippen LogP contribution in [-0.2, 0) is 16.1 Å². The van der Waals surface area contributed by atoms with Gasteiger partial charge in [-0.05, 0) is 31.3 Å². The Hall–Kier alpha value is -1.24. The van der Waals surface area contributed by atoms with E-state index in [1.54, 1.807) is 22.7 Å². The zero-order valence-electron chi connectivity index (χ0n) is 11.4. The van der Waals surface area contributed by atoms with Crippen molar-refractivity contribution in [1.29, 1.82) is 0 Å². The molecular weight excluding hydrogens is 292 g/mol. The third-order valence-corrected chi connectivity index (χ3v) is 4.29. The lowest BCUT2D eigenvalue weighted by Gasteiger charge is -2.03. The molecule has 0 unspecified atom stereocenters. The Kier molecular flexibility index (Phi) is 6.17. The molecule has 20 heavy (non-hydrogen) atoms. The summed E-state index contributed by atoms with van der Waals surface area (Å²) in [4.78, 5) is 15.7. The monoisotopic (exact) mass is 310 g/mol. The van der Waals surface area contributed by atoms with Gasteiger partial charge in [0.1, 0.15) is 5.01 Å². The summed E-state index contributed by atoms with van der Waals surface area (Å²) in [5.41, 5.74) is 2.24. The third-order valence-electron chi connectivity index (χ3n) is 2.67. The lowest BCUT2D eigenvalue weighted by Crippen LogP contribution is -2.16. The van der Waals surface area contributed by atoms with Crippen molar-refractivity contribution < 1.29 is 9.53 Å². The smallest absolute Gasteiger partial charge is 0.305 e. The van der Waals surface area contributed by atoms with E-state index in [-0.39, 0.29) is 5.97 Å². The van der Waals surface area contributed by atoms with Crippen LogP contribution in [0.4, 0.5) is 0 Å². The normalized spacial score (nSPS) is 10.7. The number of aromatic nitrogens is 1. The zero-order valence-corrected chi connectivity index (χ0v) is 13.1. The number of esters is 1. The average molecular weight is 310 g/mol. The van der Waals surface area contributed by atoms with E-state index in [0.29, 0.717) is 13.0 Å². The van der Waals surface area contributed by atoms with E-state index in [0.717, 1.165) is 30.2 Å². The molecule has 0 fully saturated rings. The predicted octanol–water partition coefficient (Wildman–Crippen LogP) is 3.30. The quantitative estimate of drug-likeness (QED) is 0.600. The highest BCUT2D eigenvalue weighted by Crippen LogP contribution is 2.25. The van der Waals surface area contributed by atoms with E-state index >= 15 is 0 Å². The second-order valence-corrected chi connectivity index (χ2v) is 5.88. The highest BCUT2D eigenvalue weighted by molar-refractivity contribution is 7.14. The average Bonchev–Trinajstić information content (AvgIpc) is 3.09. The molecular formula is C14H18N2O2S2. The Morgan fingerprint density at radius 2 is 2.35 bits per heavy atom. The van der Waals surface area contributed by atoms with Crippen LogP contribution in [0.15, 0.2) is 22.2 Å². The number of hydrogen-bond acceptors (Lipinski definition) is 6. The Morgan fingerprint density at radius 1 is 1.45 bits per heavy atom. The molecule has 1 N–H and O–H groups in total. The molecule has 0 radical (unpaired) electrons. The number of thiophene rings is 1. The maximum Gasteiger partial charge on any atom is 0.305 e. The van der Waals surface area contributed by atoms with Gasteiger partial charge in [-0.1, -0.05) is 0 Å². The highest BCUT2D eigenvalue weighted by atomic mass is 32.1. The Morgan fingerprint density at radius 3 is 3.10 bits per heavy atom. The van der Waals surface area contributed by atoms with Crippen LogP contribution in [0.3, 0.4) is 0 Å². The van der Waals surface area contributed by atoms with E-state index in [1.807, 2.05) is 6.92 Å². The van der Waals surface area contributed by atoms with Crippen molar-refractivity contribution in [3.05, 3.63) is 27.9 Å². The molecule has 0 amide bonds. The molecule has 2 heterocycles. The van der Waals surface area contributed by atoms with Gasteiger partial charge in [0.25, 0.3) is 0 Å². The van der Waals surface area contributed by atoms with Crippen LogP contribution in [-0.4, -0.2) is 24.1 Å². The zero-order chi connectivity index (χ0) is 14.2. The summed E-state index contributed by atoms with van der Waals surface area (Å²) in [6, 6.07) is 2.08. The molecule has 0 saturated carbocycles. The SMILES string of the molecule is CCOC(=O)CCCNCc1csc(-c2ccsc2)n1. The first kappa shape index (κ1) is 15.2. The fourth-order valence-electron chi connectivity index (χ4n) is 1.71. The van der Waals surface area contributed by atoms with Crippen LogP contribution >= 0.6 is 22.7 Å². The Labute approximate surface area is 126 Å². The van der Waals surface area contributed by atoms with Crippen molar-refractivity contribution in [2.75, 3.05) is 13.2 Å². The number of carbonyl (C=O) groups excluding carboxylic acids is 1. The number of thiazole rings is 1. The van der Waals surface area contributed by atoms with E-state index in [1.165, 1.54) is 5.56 Å². The summed E-state index contributed by atoms with van der Waals surface area (Å²) >= 11 is 3.35. The van der Waals surface area contributed by atoms with Gasteiger partial charge in [-0.15, -0.1) is 11.3 Å². The lowest BCUT2D eigenvalue weighted by atomic mass is 10.3. The number of nitrogens with one attached hydrogen (secondary N) is 1. The van der Waals surface area contributed by atoms with E-state index in [2.05, 4.69) is 32.5 Å². The Balaban J connectivity index is 1.66. The minimum Gasteiger partial charge on any atom is -0.466 e. The first-order valence-electron chi connectivity index (χ1n) is 6.63. The van der Waals surface area contributed by atoms with Crippen molar-refractivity contribution in [3.63, 3.8) is 0 Å². The number of ether oxygens (including phenoxy) is 1. The summed E-state index contributed by atoms with van der Waals surface area (Å²) in [6.07, 6.45) is 1.26. The summed E-state index contributed by atoms with van der Waals surface area (Å²) in [5, 5.41) is 10.6. The molecule has 108 valence electrons. The largest absolute Gasteiger partial charge is 0.466 e. The maximum atomic E-state index is 11.2. The summed E-state index contributed by atoms with van der Waals surface area (Å²) in [5.74, 6) is -0.122. The van der Waals surface area contributed by atoms with Gasteiger partial charge in [-0.2, -0.15) is 11.3 Å². The number of hydrogen-bond donors (Lipinski definition) is 1. The number of nitrogens with zero attached hydrogens (tertiary/aromatic N) is 1. The van der Waals surface area contributed by atoms with Gasteiger partial charge in [0.15, 0.2) is 0 Å². The van der Waals surface area contributed by atoms with E-state index in [9.17, 15) is 4.79 Å². The predicted molar refractivity (Wildman–Crippen MR) is 83.0 cm³/mol. The molecule has 4 nitrogen and oxygen atoms in total. The van der Waals surface area contributed by atoms with Gasteiger partial charge in [0, 0.05) is 29.3 Å². The maximum absolute atomic E-state index is 11.2.